The summed E-state index contributed by atoms with van der Waals surface area (Å²) in [5, 5.41) is 9.48. The molecule has 3 heterocycles. The summed E-state index contributed by atoms with van der Waals surface area (Å²) in [7, 11) is -3.09. The van der Waals surface area contributed by atoms with E-state index < -0.39 is 10.0 Å². The SMILES string of the molecule is CS(=O)(=O)N1CCCC(CSc2nnc3sc4ccccc4n23)C1. The summed E-state index contributed by atoms with van der Waals surface area (Å²) < 4.78 is 28.4. The molecule has 0 spiro atoms. The second-order valence-electron chi connectivity index (χ2n) is 6.11. The number of thioether (sulfide) groups is 1. The smallest absolute Gasteiger partial charge is 0.217 e. The van der Waals surface area contributed by atoms with Gasteiger partial charge in [0.25, 0.3) is 0 Å². The minimum atomic E-state index is -3.09. The average Bonchev–Trinajstić information content (AvgIpc) is 3.11. The summed E-state index contributed by atoms with van der Waals surface area (Å²) in [6.07, 6.45) is 3.28. The van der Waals surface area contributed by atoms with E-state index in [2.05, 4.69) is 26.7 Å². The van der Waals surface area contributed by atoms with Crippen molar-refractivity contribution in [3.63, 3.8) is 0 Å². The van der Waals surface area contributed by atoms with Gasteiger partial charge in [0, 0.05) is 18.8 Å². The van der Waals surface area contributed by atoms with Crippen LogP contribution in [0.4, 0.5) is 0 Å². The standard InChI is InChI=1S/C15H18N4O2S3/c1-24(20,21)18-8-4-5-11(9-18)10-22-14-16-17-15-19(14)12-6-2-3-7-13(12)23-15/h2-3,6-7,11H,4-5,8-10H2,1H3. The Bertz CT molecular complexity index is 979. The monoisotopic (exact) mass is 382 g/mol. The van der Waals surface area contributed by atoms with Crippen molar-refractivity contribution in [1.82, 2.24) is 18.9 Å². The fraction of sp³-hybridized carbons (Fsp3) is 0.467. The predicted octanol–water partition coefficient (Wildman–Crippen LogP) is 2.71. The lowest BCUT2D eigenvalue weighted by Crippen LogP contribution is -2.39. The number of aromatic nitrogens is 3. The van der Waals surface area contributed by atoms with Crippen LogP contribution in [-0.2, 0) is 10.0 Å². The third-order valence-electron chi connectivity index (χ3n) is 4.31. The lowest BCUT2D eigenvalue weighted by molar-refractivity contribution is 0.286. The average molecular weight is 383 g/mol. The normalized spacial score (nSPS) is 20.1. The lowest BCUT2D eigenvalue weighted by Gasteiger charge is -2.30. The van der Waals surface area contributed by atoms with Gasteiger partial charge in [-0.1, -0.05) is 35.2 Å². The van der Waals surface area contributed by atoms with Gasteiger partial charge >= 0.3 is 0 Å². The summed E-state index contributed by atoms with van der Waals surface area (Å²) in [5.74, 6) is 1.22. The van der Waals surface area contributed by atoms with Crippen LogP contribution < -0.4 is 0 Å². The first kappa shape index (κ1) is 16.3. The van der Waals surface area contributed by atoms with Gasteiger partial charge in [0.15, 0.2) is 5.16 Å². The number of fused-ring (bicyclic) bond motifs is 3. The minimum Gasteiger partial charge on any atom is -0.260 e. The number of nitrogens with zero attached hydrogens (tertiary/aromatic N) is 4. The van der Waals surface area contributed by atoms with Gasteiger partial charge in [-0.3, -0.25) is 4.40 Å². The summed E-state index contributed by atoms with van der Waals surface area (Å²) in [6, 6.07) is 8.22. The van der Waals surface area contributed by atoms with Gasteiger partial charge in [-0.2, -0.15) is 0 Å². The number of hydrogen-bond donors (Lipinski definition) is 0. The second kappa shape index (κ2) is 6.29. The first-order valence-electron chi connectivity index (χ1n) is 7.83. The predicted molar refractivity (Wildman–Crippen MR) is 98.2 cm³/mol. The second-order valence-corrected chi connectivity index (χ2v) is 10.1. The van der Waals surface area contributed by atoms with E-state index in [1.165, 1.54) is 11.0 Å². The van der Waals surface area contributed by atoms with Crippen molar-refractivity contribution in [2.75, 3.05) is 25.1 Å². The van der Waals surface area contributed by atoms with Gasteiger partial charge < -0.3 is 0 Å². The summed E-state index contributed by atoms with van der Waals surface area (Å²) in [6.45, 7) is 1.25. The molecule has 0 N–H and O–H groups in total. The molecule has 1 unspecified atom stereocenters. The maximum Gasteiger partial charge on any atom is 0.217 e. The van der Waals surface area contributed by atoms with Crippen molar-refractivity contribution in [3.8, 4) is 0 Å². The van der Waals surface area contributed by atoms with E-state index in [4.69, 9.17) is 0 Å². The van der Waals surface area contributed by atoms with Crippen molar-refractivity contribution >= 4 is 48.3 Å². The maximum absolute atomic E-state index is 11.7. The molecular formula is C15H18N4O2S3. The van der Waals surface area contributed by atoms with Gasteiger partial charge in [-0.05, 0) is 30.9 Å². The molecule has 4 rings (SSSR count). The Hall–Kier alpha value is -1.16. The Morgan fingerprint density at radius 1 is 1.33 bits per heavy atom. The number of para-hydroxylation sites is 1. The van der Waals surface area contributed by atoms with Crippen LogP contribution in [0, 0.1) is 5.92 Å². The zero-order valence-electron chi connectivity index (χ0n) is 13.3. The van der Waals surface area contributed by atoms with Gasteiger partial charge in [-0.15, -0.1) is 10.2 Å². The molecule has 1 atom stereocenters. The first-order valence-corrected chi connectivity index (χ1v) is 11.5. The molecule has 1 saturated heterocycles. The first-order chi connectivity index (χ1) is 11.5. The minimum absolute atomic E-state index is 0.357. The molecule has 0 aliphatic carbocycles. The molecule has 24 heavy (non-hydrogen) atoms. The largest absolute Gasteiger partial charge is 0.260 e. The lowest BCUT2D eigenvalue weighted by atomic mass is 10.0. The molecule has 9 heteroatoms. The zero-order chi connectivity index (χ0) is 16.7. The van der Waals surface area contributed by atoms with E-state index in [1.54, 1.807) is 27.4 Å². The van der Waals surface area contributed by atoms with Crippen molar-refractivity contribution < 1.29 is 8.42 Å². The van der Waals surface area contributed by atoms with E-state index in [1.807, 2.05) is 12.1 Å². The van der Waals surface area contributed by atoms with E-state index in [9.17, 15) is 8.42 Å². The Kier molecular flexibility index (Phi) is 4.27. The van der Waals surface area contributed by atoms with Gasteiger partial charge in [0.05, 0.1) is 16.5 Å². The molecule has 0 amide bonds. The third kappa shape index (κ3) is 3.05. The number of piperidine rings is 1. The summed E-state index contributed by atoms with van der Waals surface area (Å²) in [5.41, 5.74) is 1.13. The van der Waals surface area contributed by atoms with Crippen molar-refractivity contribution in [1.29, 1.82) is 0 Å². The number of rotatable bonds is 4. The van der Waals surface area contributed by atoms with Crippen LogP contribution in [0.25, 0.3) is 15.2 Å². The molecule has 3 aromatic rings. The molecule has 1 aliphatic rings. The van der Waals surface area contributed by atoms with Crippen LogP contribution in [0.2, 0.25) is 0 Å². The topological polar surface area (TPSA) is 67.6 Å². The molecule has 1 aromatic carbocycles. The summed E-state index contributed by atoms with van der Waals surface area (Å²) in [4.78, 5) is 0.903. The summed E-state index contributed by atoms with van der Waals surface area (Å²) >= 11 is 3.31. The van der Waals surface area contributed by atoms with Crippen LogP contribution >= 0.6 is 23.1 Å². The van der Waals surface area contributed by atoms with Crippen molar-refractivity contribution in [3.05, 3.63) is 24.3 Å². The fourth-order valence-electron chi connectivity index (χ4n) is 3.11. The molecular weight excluding hydrogens is 364 g/mol. The van der Waals surface area contributed by atoms with Crippen molar-refractivity contribution in [2.45, 2.75) is 18.0 Å². The van der Waals surface area contributed by atoms with Gasteiger partial charge in [0.1, 0.15) is 0 Å². The van der Waals surface area contributed by atoms with Crippen LogP contribution in [0.5, 0.6) is 0 Å². The van der Waals surface area contributed by atoms with Crippen LogP contribution in [0.1, 0.15) is 12.8 Å². The number of sulfonamides is 1. The highest BCUT2D eigenvalue weighted by Gasteiger charge is 2.26. The molecule has 0 radical (unpaired) electrons. The number of benzene rings is 1. The third-order valence-corrected chi connectivity index (χ3v) is 7.75. The Morgan fingerprint density at radius 2 is 2.17 bits per heavy atom. The molecule has 1 aliphatic heterocycles. The zero-order valence-corrected chi connectivity index (χ0v) is 15.7. The molecule has 0 bridgehead atoms. The van der Waals surface area contributed by atoms with E-state index in [0.29, 0.717) is 19.0 Å². The molecule has 1 fully saturated rings. The van der Waals surface area contributed by atoms with E-state index in [0.717, 1.165) is 34.2 Å². The Balaban J connectivity index is 1.53. The Labute approximate surface area is 148 Å². The fourth-order valence-corrected chi connectivity index (χ4v) is 6.14. The molecule has 2 aromatic heterocycles. The van der Waals surface area contributed by atoms with Crippen LogP contribution in [-0.4, -0.2) is 52.4 Å². The number of hydrogen-bond acceptors (Lipinski definition) is 6. The quantitative estimate of drug-likeness (QED) is 0.649. The highest BCUT2D eigenvalue weighted by molar-refractivity contribution is 7.99. The highest BCUT2D eigenvalue weighted by Crippen LogP contribution is 2.31. The van der Waals surface area contributed by atoms with Crippen LogP contribution in [0.3, 0.4) is 0 Å². The molecule has 128 valence electrons. The highest BCUT2D eigenvalue weighted by atomic mass is 32.2. The maximum atomic E-state index is 11.7. The number of thiazole rings is 1. The van der Waals surface area contributed by atoms with Crippen molar-refractivity contribution in [2.24, 2.45) is 5.92 Å². The van der Waals surface area contributed by atoms with E-state index >= 15 is 0 Å². The molecule has 0 saturated carbocycles. The van der Waals surface area contributed by atoms with E-state index in [-0.39, 0.29) is 0 Å². The van der Waals surface area contributed by atoms with Gasteiger partial charge in [0.2, 0.25) is 15.0 Å². The molecule has 6 nitrogen and oxygen atoms in total. The van der Waals surface area contributed by atoms with Crippen LogP contribution in [0.15, 0.2) is 29.4 Å². The Morgan fingerprint density at radius 3 is 3.00 bits per heavy atom. The van der Waals surface area contributed by atoms with Gasteiger partial charge in [-0.25, -0.2) is 12.7 Å².